The van der Waals surface area contributed by atoms with E-state index in [-0.39, 0.29) is 0 Å². The maximum atomic E-state index is 5.89. The summed E-state index contributed by atoms with van der Waals surface area (Å²) in [5, 5.41) is 0. The lowest BCUT2D eigenvalue weighted by Crippen LogP contribution is -2.38. The van der Waals surface area contributed by atoms with E-state index in [1.54, 1.807) is 0 Å². The lowest BCUT2D eigenvalue weighted by atomic mass is 10.5. The van der Waals surface area contributed by atoms with Crippen LogP contribution in [0.2, 0.25) is 0 Å². The smallest absolute Gasteiger partial charge is 0.221 e. The van der Waals surface area contributed by atoms with Crippen molar-refractivity contribution in [2.45, 2.75) is 0 Å². The van der Waals surface area contributed by atoms with Gasteiger partial charge in [-0.2, -0.15) is 13.5 Å². The zero-order valence-electron chi connectivity index (χ0n) is 17.5. The summed E-state index contributed by atoms with van der Waals surface area (Å²) in [6.45, 7) is 16.0. The van der Waals surface area contributed by atoms with Crippen molar-refractivity contribution in [3.63, 3.8) is 0 Å². The first-order chi connectivity index (χ1) is 14.8. The second-order valence-electron chi connectivity index (χ2n) is 8.83. The summed E-state index contributed by atoms with van der Waals surface area (Å²) < 4.78 is 44.7. The predicted molar refractivity (Wildman–Crippen MR) is 119 cm³/mol. The van der Waals surface area contributed by atoms with Gasteiger partial charge in [-0.05, 0) is 0 Å². The maximum absolute atomic E-state index is 5.89. The Morgan fingerprint density at radius 3 is 0.833 bits per heavy atom. The van der Waals surface area contributed by atoms with E-state index < -0.39 is 22.5 Å². The van der Waals surface area contributed by atoms with Gasteiger partial charge in [0.2, 0.25) is 22.5 Å². The van der Waals surface area contributed by atoms with Crippen molar-refractivity contribution in [3.8, 4) is 0 Å². The Morgan fingerprint density at radius 1 is 0.367 bits per heavy atom. The highest BCUT2D eigenvalue weighted by Gasteiger charge is 2.58. The quantitative estimate of drug-likeness (QED) is 0.425. The molecule has 0 radical (unpaired) electrons. The van der Waals surface area contributed by atoms with Gasteiger partial charge >= 0.3 is 0 Å². The standard InChI is InChI=1S/C16H32N9O2P3/c1-2-20(1)28(21-3-4-21)17-29(22-5-6-22,24-9-13-26-14-10-24)19-30(18-28,23-7-8-23)25-11-15-27-16-12-25/h1-16H2/t29-,30-/m1/s1. The van der Waals surface area contributed by atoms with Crippen molar-refractivity contribution in [2.24, 2.45) is 13.5 Å². The van der Waals surface area contributed by atoms with Gasteiger partial charge < -0.3 is 9.47 Å². The number of hydrogen-bond donors (Lipinski definition) is 0. The zero-order valence-corrected chi connectivity index (χ0v) is 20.2. The molecule has 14 heteroatoms. The molecule has 0 aromatic heterocycles. The van der Waals surface area contributed by atoms with Crippen LogP contribution in [0.25, 0.3) is 0 Å². The third-order valence-electron chi connectivity index (χ3n) is 6.67. The molecule has 0 amide bonds. The van der Waals surface area contributed by atoms with Gasteiger partial charge in [0.15, 0.2) is 0 Å². The minimum Gasteiger partial charge on any atom is -0.379 e. The Labute approximate surface area is 178 Å². The van der Waals surface area contributed by atoms with Crippen molar-refractivity contribution in [2.75, 3.05) is 105 Å². The van der Waals surface area contributed by atoms with Crippen LogP contribution in [0.3, 0.4) is 0 Å². The van der Waals surface area contributed by atoms with Crippen molar-refractivity contribution >= 4 is 22.5 Å². The fourth-order valence-electron chi connectivity index (χ4n) is 4.65. The van der Waals surface area contributed by atoms with Crippen LogP contribution in [0.5, 0.6) is 0 Å². The molecule has 0 aromatic rings. The minimum absolute atomic E-state index is 0.795. The van der Waals surface area contributed by atoms with Crippen LogP contribution in [0, 0.1) is 0 Å². The Bertz CT molecular complexity index is 835. The van der Waals surface area contributed by atoms with E-state index >= 15 is 0 Å². The summed E-state index contributed by atoms with van der Waals surface area (Å²) in [5.74, 6) is 0. The van der Waals surface area contributed by atoms with Crippen LogP contribution in [-0.4, -0.2) is 133 Å². The normalized spacial score (nSPS) is 42.8. The van der Waals surface area contributed by atoms with Gasteiger partial charge in [-0.3, -0.25) is 0 Å². The second kappa shape index (κ2) is 7.18. The second-order valence-corrected chi connectivity index (χ2v) is 17.6. The van der Waals surface area contributed by atoms with Crippen molar-refractivity contribution in [1.82, 2.24) is 28.0 Å². The van der Waals surface area contributed by atoms with Crippen molar-refractivity contribution in [1.29, 1.82) is 0 Å². The first-order valence-electron chi connectivity index (χ1n) is 11.3. The molecular weight excluding hydrogens is 443 g/mol. The molecule has 2 atom stereocenters. The van der Waals surface area contributed by atoms with E-state index in [1.807, 2.05) is 0 Å². The molecule has 6 fully saturated rings. The molecule has 168 valence electrons. The van der Waals surface area contributed by atoms with Gasteiger partial charge in [0.1, 0.15) is 0 Å². The van der Waals surface area contributed by atoms with Gasteiger partial charge in [-0.1, -0.05) is 0 Å². The number of rotatable bonds is 6. The van der Waals surface area contributed by atoms with Crippen LogP contribution in [-0.2, 0) is 9.47 Å². The molecular formula is C16H32N9O2P3. The van der Waals surface area contributed by atoms with E-state index in [0.717, 1.165) is 105 Å². The lowest BCUT2D eigenvalue weighted by Gasteiger charge is -2.46. The Morgan fingerprint density at radius 2 is 0.600 bits per heavy atom. The molecule has 0 bridgehead atoms. The highest BCUT2D eigenvalue weighted by Crippen LogP contribution is 2.86. The highest BCUT2D eigenvalue weighted by molar-refractivity contribution is 7.83. The molecule has 7 heterocycles. The number of morpholine rings is 2. The minimum atomic E-state index is -2.14. The third kappa shape index (κ3) is 3.13. The largest absolute Gasteiger partial charge is 0.379 e. The van der Waals surface area contributed by atoms with Crippen LogP contribution in [0.15, 0.2) is 13.5 Å². The van der Waals surface area contributed by atoms with Crippen LogP contribution >= 0.6 is 22.5 Å². The topological polar surface area (TPSA) is 74.1 Å². The fourth-order valence-corrected chi connectivity index (χ4v) is 20.3. The molecule has 0 N–H and O–H groups in total. The van der Waals surface area contributed by atoms with Gasteiger partial charge in [-0.15, -0.1) is 0 Å². The predicted octanol–water partition coefficient (Wildman–Crippen LogP) is 1.77. The molecule has 0 unspecified atom stereocenters. The molecule has 7 aliphatic rings. The summed E-state index contributed by atoms with van der Waals surface area (Å²) in [5.41, 5.74) is 0. The summed E-state index contributed by atoms with van der Waals surface area (Å²) in [7, 11) is -6.33. The first-order valence-corrected chi connectivity index (χ1v) is 16.1. The monoisotopic (exact) mass is 475 g/mol. The Balaban J connectivity index is 1.48. The lowest BCUT2D eigenvalue weighted by molar-refractivity contribution is 0.0717. The summed E-state index contributed by atoms with van der Waals surface area (Å²) in [6, 6.07) is 0. The average Bonchev–Trinajstić information content (AvgIpc) is 3.62. The fraction of sp³-hybridized carbons (Fsp3) is 1.00. The number of hydrogen-bond acceptors (Lipinski definition) is 11. The van der Waals surface area contributed by atoms with Crippen molar-refractivity contribution < 1.29 is 9.47 Å². The van der Waals surface area contributed by atoms with E-state index in [0.29, 0.717) is 0 Å². The Kier molecular flexibility index (Phi) is 4.74. The molecule has 11 nitrogen and oxygen atoms in total. The van der Waals surface area contributed by atoms with Gasteiger partial charge in [0, 0.05) is 78.5 Å². The van der Waals surface area contributed by atoms with E-state index in [4.69, 9.17) is 23.0 Å². The van der Waals surface area contributed by atoms with E-state index in [9.17, 15) is 0 Å². The number of ether oxygens (including phenoxy) is 2. The van der Waals surface area contributed by atoms with Gasteiger partial charge in [-0.25, -0.2) is 28.0 Å². The van der Waals surface area contributed by atoms with E-state index in [2.05, 4.69) is 28.0 Å². The average molecular weight is 475 g/mol. The SMILES string of the molecule is C1CN([P@]2(N3CC3)=NP(N3CC3)(N3CC3)=N[P@](N3CCOCC3)(N3CC3)=N2)CCO1. The molecule has 6 saturated heterocycles. The van der Waals surface area contributed by atoms with Crippen LogP contribution in [0.4, 0.5) is 0 Å². The molecule has 30 heavy (non-hydrogen) atoms. The van der Waals surface area contributed by atoms with Crippen molar-refractivity contribution in [3.05, 3.63) is 0 Å². The van der Waals surface area contributed by atoms with Crippen LogP contribution in [0.1, 0.15) is 0 Å². The molecule has 0 aromatic carbocycles. The van der Waals surface area contributed by atoms with E-state index in [1.165, 1.54) is 0 Å². The highest BCUT2D eigenvalue weighted by atomic mass is 31.3. The number of nitrogens with zero attached hydrogens (tertiary/aromatic N) is 9. The molecule has 0 aliphatic carbocycles. The summed E-state index contributed by atoms with van der Waals surface area (Å²) in [6.07, 6.45) is 0. The first kappa shape index (κ1) is 19.8. The molecule has 0 spiro atoms. The van der Waals surface area contributed by atoms with Gasteiger partial charge in [0.25, 0.3) is 0 Å². The maximum Gasteiger partial charge on any atom is 0.221 e. The zero-order chi connectivity index (χ0) is 19.8. The Hall–Kier alpha value is 0.370. The third-order valence-corrected chi connectivity index (χ3v) is 19.4. The molecule has 7 rings (SSSR count). The molecule has 0 saturated carbocycles. The van der Waals surface area contributed by atoms with Gasteiger partial charge in [0.05, 0.1) is 26.4 Å². The molecule has 7 aliphatic heterocycles. The summed E-state index contributed by atoms with van der Waals surface area (Å²) >= 11 is 0. The van der Waals surface area contributed by atoms with Crippen LogP contribution < -0.4 is 0 Å². The summed E-state index contributed by atoms with van der Waals surface area (Å²) in [4.78, 5) is 0.